The number of nitrogens with two attached hydrogens (primary N) is 1. The quantitative estimate of drug-likeness (QED) is 0.303. The van der Waals surface area contributed by atoms with Crippen LogP contribution in [-0.2, 0) is 12.8 Å². The van der Waals surface area contributed by atoms with Gasteiger partial charge in [0.15, 0.2) is 11.6 Å². The highest BCUT2D eigenvalue weighted by molar-refractivity contribution is 7.99. The topological polar surface area (TPSA) is 126 Å². The second-order valence-electron chi connectivity index (χ2n) is 5.40. The third-order valence-electron chi connectivity index (χ3n) is 3.70. The summed E-state index contributed by atoms with van der Waals surface area (Å²) in [6.45, 7) is 3.95. The van der Waals surface area contributed by atoms with Crippen molar-refractivity contribution in [1.29, 1.82) is 0 Å². The van der Waals surface area contributed by atoms with Gasteiger partial charge in [0.2, 0.25) is 5.16 Å². The zero-order chi connectivity index (χ0) is 18.7. The molecule has 0 saturated heterocycles. The molecule has 0 amide bonds. The van der Waals surface area contributed by atoms with E-state index in [0.717, 1.165) is 12.1 Å². The van der Waals surface area contributed by atoms with Crippen molar-refractivity contribution in [3.8, 4) is 11.4 Å². The zero-order valence-corrected chi connectivity index (χ0v) is 15.1. The fourth-order valence-corrected chi connectivity index (χ4v) is 3.08. The first-order valence-electron chi connectivity index (χ1n) is 8.01. The number of aromatic nitrogens is 5. The van der Waals surface area contributed by atoms with Gasteiger partial charge in [-0.05, 0) is 36.4 Å². The average Bonchev–Trinajstić information content (AvgIpc) is 3.01. The van der Waals surface area contributed by atoms with Crippen LogP contribution in [0.4, 0.5) is 5.69 Å². The minimum atomic E-state index is -0.437. The van der Waals surface area contributed by atoms with Crippen molar-refractivity contribution >= 4 is 17.4 Å². The Morgan fingerprint density at radius 1 is 1.15 bits per heavy atom. The Morgan fingerprint density at radius 3 is 2.46 bits per heavy atom. The van der Waals surface area contributed by atoms with Gasteiger partial charge in [-0.15, -0.1) is 10.2 Å². The molecule has 0 atom stereocenters. The number of aryl methyl sites for hydroxylation is 2. The lowest BCUT2D eigenvalue weighted by Crippen LogP contribution is -2.13. The van der Waals surface area contributed by atoms with E-state index in [4.69, 9.17) is 5.84 Å². The first kappa shape index (κ1) is 17.8. The molecule has 134 valence electrons. The van der Waals surface area contributed by atoms with Crippen LogP contribution in [0.5, 0.6) is 0 Å². The molecule has 0 spiro atoms. The van der Waals surface area contributed by atoms with Crippen LogP contribution >= 0.6 is 11.8 Å². The van der Waals surface area contributed by atoms with Gasteiger partial charge in [-0.25, -0.2) is 14.6 Å². The van der Waals surface area contributed by atoms with Crippen LogP contribution in [0.1, 0.15) is 25.4 Å². The molecule has 10 heteroatoms. The Hall–Kier alpha value is -3.01. The summed E-state index contributed by atoms with van der Waals surface area (Å²) in [5.41, 5.74) is 1.59. The van der Waals surface area contributed by atoms with Crippen LogP contribution in [-0.4, -0.2) is 29.8 Å². The summed E-state index contributed by atoms with van der Waals surface area (Å²) in [5, 5.41) is 20.2. The molecule has 2 aromatic heterocycles. The molecule has 1 aromatic carbocycles. The number of nitrogens with zero attached hydrogens (tertiary/aromatic N) is 6. The minimum absolute atomic E-state index is 0.0262. The Morgan fingerprint density at radius 2 is 1.88 bits per heavy atom. The number of nitrogen functional groups attached to an aromatic ring is 1. The molecule has 26 heavy (non-hydrogen) atoms. The third-order valence-corrected chi connectivity index (χ3v) is 4.58. The highest BCUT2D eigenvalue weighted by Crippen LogP contribution is 2.27. The molecule has 2 heterocycles. The smallest absolute Gasteiger partial charge is 0.269 e. The Bertz CT molecular complexity index is 940. The monoisotopic (exact) mass is 371 g/mol. The lowest BCUT2D eigenvalue weighted by molar-refractivity contribution is -0.384. The van der Waals surface area contributed by atoms with Gasteiger partial charge in [0.1, 0.15) is 5.03 Å². The molecule has 9 nitrogen and oxygen atoms in total. The summed E-state index contributed by atoms with van der Waals surface area (Å²) < 4.78 is 1.45. The maximum absolute atomic E-state index is 10.8. The number of rotatable bonds is 6. The zero-order valence-electron chi connectivity index (χ0n) is 14.3. The third kappa shape index (κ3) is 3.64. The summed E-state index contributed by atoms with van der Waals surface area (Å²) in [7, 11) is 0. The van der Waals surface area contributed by atoms with E-state index < -0.39 is 4.92 Å². The number of hydrogen-bond donors (Lipinski definition) is 1. The summed E-state index contributed by atoms with van der Waals surface area (Å²) in [5.74, 6) is 7.18. The van der Waals surface area contributed by atoms with E-state index in [2.05, 4.69) is 20.2 Å². The first-order valence-corrected chi connectivity index (χ1v) is 8.83. The normalized spacial score (nSPS) is 10.8. The molecule has 0 aliphatic carbocycles. The molecule has 2 N–H and O–H groups in total. The Labute approximate surface area is 153 Å². The van der Waals surface area contributed by atoms with Crippen LogP contribution in [0.3, 0.4) is 0 Å². The van der Waals surface area contributed by atoms with Crippen LogP contribution in [0.25, 0.3) is 11.4 Å². The maximum Gasteiger partial charge on any atom is 0.269 e. The van der Waals surface area contributed by atoms with Crippen LogP contribution in [0, 0.1) is 10.1 Å². The van der Waals surface area contributed by atoms with Crippen molar-refractivity contribution in [2.75, 3.05) is 5.84 Å². The number of hydrogen-bond acceptors (Lipinski definition) is 8. The minimum Gasteiger partial charge on any atom is -0.336 e. The van der Waals surface area contributed by atoms with Crippen molar-refractivity contribution in [2.24, 2.45) is 0 Å². The van der Waals surface area contributed by atoms with E-state index in [-0.39, 0.29) is 5.69 Å². The molecule has 0 radical (unpaired) electrons. The fourth-order valence-electron chi connectivity index (χ4n) is 2.28. The van der Waals surface area contributed by atoms with E-state index in [1.165, 1.54) is 28.6 Å². The predicted molar refractivity (Wildman–Crippen MR) is 97.2 cm³/mol. The SMILES string of the molecule is CCc1cc(Sc2nnc(CC)n2N)nc(-c2ccc([N+](=O)[O-])cc2)n1. The van der Waals surface area contributed by atoms with Gasteiger partial charge in [0, 0.05) is 29.8 Å². The van der Waals surface area contributed by atoms with Crippen LogP contribution in [0.2, 0.25) is 0 Å². The van der Waals surface area contributed by atoms with E-state index in [1.54, 1.807) is 12.1 Å². The lowest BCUT2D eigenvalue weighted by Gasteiger charge is -2.07. The summed E-state index contributed by atoms with van der Waals surface area (Å²) >= 11 is 1.30. The summed E-state index contributed by atoms with van der Waals surface area (Å²) in [6, 6.07) is 8.03. The highest BCUT2D eigenvalue weighted by Gasteiger charge is 2.14. The van der Waals surface area contributed by atoms with Crippen molar-refractivity contribution in [3.05, 3.63) is 52.0 Å². The van der Waals surface area contributed by atoms with Gasteiger partial charge < -0.3 is 5.84 Å². The Kier molecular flexibility index (Phi) is 5.12. The lowest BCUT2D eigenvalue weighted by atomic mass is 10.2. The van der Waals surface area contributed by atoms with Crippen LogP contribution in [0.15, 0.2) is 40.5 Å². The fraction of sp³-hybridized carbons (Fsp3) is 0.250. The van der Waals surface area contributed by atoms with E-state index in [1.807, 2.05) is 19.9 Å². The molecule has 3 aromatic rings. The van der Waals surface area contributed by atoms with Crippen molar-refractivity contribution in [1.82, 2.24) is 24.8 Å². The summed E-state index contributed by atoms with van der Waals surface area (Å²) in [4.78, 5) is 19.4. The number of nitro groups is 1. The van der Waals surface area contributed by atoms with E-state index in [0.29, 0.717) is 33.8 Å². The van der Waals surface area contributed by atoms with E-state index >= 15 is 0 Å². The van der Waals surface area contributed by atoms with E-state index in [9.17, 15) is 10.1 Å². The number of benzene rings is 1. The molecular weight excluding hydrogens is 354 g/mol. The van der Waals surface area contributed by atoms with Gasteiger partial charge in [-0.1, -0.05) is 13.8 Å². The molecule has 0 saturated carbocycles. The highest BCUT2D eigenvalue weighted by atomic mass is 32.2. The molecule has 0 aliphatic rings. The number of non-ortho nitro benzene ring substituents is 1. The van der Waals surface area contributed by atoms with Crippen molar-refractivity contribution in [3.63, 3.8) is 0 Å². The standard InChI is InChI=1S/C16H17N7O2S/c1-3-11-9-14(26-16-21-20-13(4-2)22(16)17)19-15(18-11)10-5-7-12(8-6-10)23(24)25/h5-9H,3-4,17H2,1-2H3. The van der Waals surface area contributed by atoms with Gasteiger partial charge in [0.05, 0.1) is 4.92 Å². The van der Waals surface area contributed by atoms with Crippen LogP contribution < -0.4 is 5.84 Å². The van der Waals surface area contributed by atoms with Gasteiger partial charge in [0.25, 0.3) is 5.69 Å². The Balaban J connectivity index is 1.95. The summed E-state index contributed by atoms with van der Waals surface area (Å²) in [6.07, 6.45) is 1.41. The largest absolute Gasteiger partial charge is 0.336 e. The van der Waals surface area contributed by atoms with Gasteiger partial charge in [-0.2, -0.15) is 0 Å². The first-order chi connectivity index (χ1) is 12.5. The van der Waals surface area contributed by atoms with Gasteiger partial charge >= 0.3 is 0 Å². The second-order valence-corrected chi connectivity index (χ2v) is 6.39. The molecule has 3 rings (SSSR count). The maximum atomic E-state index is 10.8. The number of nitro benzene ring substituents is 1. The molecule has 0 unspecified atom stereocenters. The second kappa shape index (κ2) is 7.48. The predicted octanol–water partition coefficient (Wildman–Crippen LogP) is 2.63. The van der Waals surface area contributed by atoms with Gasteiger partial charge in [-0.3, -0.25) is 10.1 Å². The average molecular weight is 371 g/mol. The van der Waals surface area contributed by atoms with Crippen molar-refractivity contribution < 1.29 is 4.92 Å². The molecule has 0 fully saturated rings. The molecule has 0 aliphatic heterocycles. The molecule has 0 bridgehead atoms. The van der Waals surface area contributed by atoms with Crippen molar-refractivity contribution in [2.45, 2.75) is 36.9 Å². The molecular formula is C16H17N7O2S.